The van der Waals surface area contributed by atoms with Crippen LogP contribution in [0.15, 0.2) is 121 Å². The highest BCUT2D eigenvalue weighted by molar-refractivity contribution is 5.94. The van der Waals surface area contributed by atoms with Crippen molar-refractivity contribution < 1.29 is 0 Å². The molecule has 0 aromatic heterocycles. The fourth-order valence-corrected chi connectivity index (χ4v) is 6.71. The Balaban J connectivity index is 1.50. The molecule has 0 saturated heterocycles. The van der Waals surface area contributed by atoms with Crippen molar-refractivity contribution in [3.8, 4) is 0 Å². The molecule has 0 spiro atoms. The lowest BCUT2D eigenvalue weighted by Crippen LogP contribution is -2.42. The Bertz CT molecular complexity index is 1720. The minimum atomic E-state index is 0.376. The van der Waals surface area contributed by atoms with Crippen LogP contribution in [0.3, 0.4) is 0 Å². The number of allylic oxidation sites excluding steroid dienone is 8. The Kier molecular flexibility index (Phi) is 5.32. The molecule has 3 aromatic carbocycles. The van der Waals surface area contributed by atoms with Crippen LogP contribution in [0, 0.1) is 11.8 Å². The first-order chi connectivity index (χ1) is 17.9. The van der Waals surface area contributed by atoms with E-state index < -0.39 is 0 Å². The van der Waals surface area contributed by atoms with Crippen LogP contribution >= 0.6 is 0 Å². The van der Waals surface area contributed by atoms with Crippen LogP contribution in [0.2, 0.25) is 0 Å². The summed E-state index contributed by atoms with van der Waals surface area (Å²) in [5.41, 5.74) is 8.89. The highest BCUT2D eigenvalue weighted by Gasteiger charge is 2.33. The van der Waals surface area contributed by atoms with Gasteiger partial charge >= 0.3 is 0 Å². The second-order valence-corrected chi connectivity index (χ2v) is 10.3. The standard InChI is InChI=1S/C36H30/c1-2-11-25(12-3-1)26-21-23-28(24-22-26)35-31-16-6-8-18-33(31)36(34-19-9-7-17-32(34)35)30-20-10-14-27-13-4-5-15-29(27)30/h1-9,11-19,21,23,31,33H,10,20,22,24H2. The Hall–Kier alpha value is -3.90. The van der Waals surface area contributed by atoms with E-state index in [1.807, 2.05) is 0 Å². The maximum Gasteiger partial charge on any atom is 0.0134 e. The SMILES string of the molecule is C1=CC2C(C3=CC=C(c4ccccc4)CC3)=c3ccccc3=C(C3=c4ccccc4=CCC3)C2C=C1. The van der Waals surface area contributed by atoms with E-state index in [-0.39, 0.29) is 0 Å². The number of benzene rings is 3. The second-order valence-electron chi connectivity index (χ2n) is 10.3. The molecule has 4 aliphatic rings. The molecular formula is C36H30. The Morgan fingerprint density at radius 2 is 1.14 bits per heavy atom. The highest BCUT2D eigenvalue weighted by atomic mass is 14.4. The molecule has 0 fully saturated rings. The van der Waals surface area contributed by atoms with E-state index >= 15 is 0 Å². The van der Waals surface area contributed by atoms with Crippen molar-refractivity contribution in [1.29, 1.82) is 0 Å². The normalized spacial score (nSPS) is 22.2. The summed E-state index contributed by atoms with van der Waals surface area (Å²) in [5, 5.41) is 5.67. The summed E-state index contributed by atoms with van der Waals surface area (Å²) in [6, 6.07) is 29.0. The van der Waals surface area contributed by atoms with Crippen molar-refractivity contribution in [3.05, 3.63) is 147 Å². The van der Waals surface area contributed by atoms with E-state index in [9.17, 15) is 0 Å². The zero-order valence-corrected chi connectivity index (χ0v) is 20.5. The molecule has 0 aliphatic heterocycles. The molecule has 0 bridgehead atoms. The molecule has 0 saturated carbocycles. The van der Waals surface area contributed by atoms with E-state index in [1.54, 1.807) is 5.57 Å². The molecule has 0 amide bonds. The summed E-state index contributed by atoms with van der Waals surface area (Å²) in [4.78, 5) is 0. The van der Waals surface area contributed by atoms with Gasteiger partial charge in [0.2, 0.25) is 0 Å². The first-order valence-corrected chi connectivity index (χ1v) is 13.3. The first-order valence-electron chi connectivity index (χ1n) is 13.3. The molecule has 2 atom stereocenters. The Labute approximate surface area is 213 Å². The van der Waals surface area contributed by atoms with Gasteiger partial charge in [0.1, 0.15) is 0 Å². The van der Waals surface area contributed by atoms with Gasteiger partial charge in [-0.1, -0.05) is 121 Å². The molecule has 0 nitrogen and oxygen atoms in total. The van der Waals surface area contributed by atoms with Crippen LogP contribution < -0.4 is 20.9 Å². The van der Waals surface area contributed by atoms with Crippen molar-refractivity contribution in [3.63, 3.8) is 0 Å². The summed E-state index contributed by atoms with van der Waals surface area (Å²) in [7, 11) is 0. The minimum Gasteiger partial charge on any atom is -0.0763 e. The average molecular weight is 463 g/mol. The van der Waals surface area contributed by atoms with Crippen LogP contribution in [0.4, 0.5) is 0 Å². The third kappa shape index (κ3) is 3.52. The van der Waals surface area contributed by atoms with E-state index in [4.69, 9.17) is 0 Å². The third-order valence-electron chi connectivity index (χ3n) is 8.32. The van der Waals surface area contributed by atoms with Crippen molar-refractivity contribution in [2.45, 2.75) is 25.7 Å². The quantitative estimate of drug-likeness (QED) is 0.476. The fraction of sp³-hybridized carbons (Fsp3) is 0.167. The summed E-state index contributed by atoms with van der Waals surface area (Å²) < 4.78 is 0. The van der Waals surface area contributed by atoms with Crippen molar-refractivity contribution >= 4 is 28.4 Å². The van der Waals surface area contributed by atoms with Gasteiger partial charge in [-0.3, -0.25) is 0 Å². The van der Waals surface area contributed by atoms with E-state index in [2.05, 4.69) is 121 Å². The zero-order chi connectivity index (χ0) is 23.9. The third-order valence-corrected chi connectivity index (χ3v) is 8.32. The summed E-state index contributed by atoms with van der Waals surface area (Å²) in [5.74, 6) is 0.754. The molecule has 174 valence electrons. The van der Waals surface area contributed by atoms with E-state index in [0.717, 1.165) is 25.7 Å². The Morgan fingerprint density at radius 3 is 1.89 bits per heavy atom. The average Bonchev–Trinajstić information content (AvgIpc) is 2.96. The molecule has 0 N–H and O–H groups in total. The first kappa shape index (κ1) is 21.4. The van der Waals surface area contributed by atoms with E-state index in [0.29, 0.717) is 11.8 Å². The number of rotatable bonds is 3. The van der Waals surface area contributed by atoms with E-state index in [1.165, 1.54) is 48.7 Å². The number of hydrogen-bond donors (Lipinski definition) is 0. The summed E-state index contributed by atoms with van der Waals surface area (Å²) in [6.07, 6.45) is 21.0. The highest BCUT2D eigenvalue weighted by Crippen LogP contribution is 2.43. The summed E-state index contributed by atoms with van der Waals surface area (Å²) >= 11 is 0. The maximum absolute atomic E-state index is 2.46. The monoisotopic (exact) mass is 462 g/mol. The molecule has 0 radical (unpaired) electrons. The largest absolute Gasteiger partial charge is 0.0763 e. The van der Waals surface area contributed by atoms with Gasteiger partial charge < -0.3 is 0 Å². The predicted octanol–water partition coefficient (Wildman–Crippen LogP) is 5.59. The van der Waals surface area contributed by atoms with Crippen molar-refractivity contribution in [1.82, 2.24) is 0 Å². The molecule has 36 heavy (non-hydrogen) atoms. The van der Waals surface area contributed by atoms with Gasteiger partial charge in [0.25, 0.3) is 0 Å². The van der Waals surface area contributed by atoms with Crippen LogP contribution in [-0.2, 0) is 0 Å². The van der Waals surface area contributed by atoms with Crippen LogP contribution in [0.5, 0.6) is 0 Å². The molecule has 3 aromatic rings. The smallest absolute Gasteiger partial charge is 0.0134 e. The van der Waals surface area contributed by atoms with Crippen LogP contribution in [-0.4, -0.2) is 0 Å². The molecule has 0 heterocycles. The van der Waals surface area contributed by atoms with Gasteiger partial charge in [-0.05, 0) is 80.0 Å². The number of hydrogen-bond acceptors (Lipinski definition) is 0. The lowest BCUT2D eigenvalue weighted by molar-refractivity contribution is 0.681. The zero-order valence-electron chi connectivity index (χ0n) is 20.5. The van der Waals surface area contributed by atoms with Gasteiger partial charge in [0, 0.05) is 11.8 Å². The minimum absolute atomic E-state index is 0.376. The maximum atomic E-state index is 2.46. The van der Waals surface area contributed by atoms with Gasteiger partial charge in [-0.2, -0.15) is 0 Å². The number of fused-ring (bicyclic) bond motifs is 3. The predicted molar refractivity (Wildman–Crippen MR) is 152 cm³/mol. The van der Waals surface area contributed by atoms with Crippen LogP contribution in [0.1, 0.15) is 31.2 Å². The van der Waals surface area contributed by atoms with Gasteiger partial charge in [-0.25, -0.2) is 0 Å². The Morgan fingerprint density at radius 1 is 0.528 bits per heavy atom. The summed E-state index contributed by atoms with van der Waals surface area (Å²) in [6.45, 7) is 0. The van der Waals surface area contributed by atoms with Crippen molar-refractivity contribution in [2.24, 2.45) is 11.8 Å². The van der Waals surface area contributed by atoms with Crippen LogP contribution in [0.25, 0.3) is 28.4 Å². The lowest BCUT2D eigenvalue weighted by Gasteiger charge is -2.36. The molecule has 7 rings (SSSR count). The van der Waals surface area contributed by atoms with Gasteiger partial charge in [-0.15, -0.1) is 0 Å². The molecule has 0 heteroatoms. The van der Waals surface area contributed by atoms with Gasteiger partial charge in [0.15, 0.2) is 0 Å². The lowest BCUT2D eigenvalue weighted by atomic mass is 9.68. The topological polar surface area (TPSA) is 0 Å². The second kappa shape index (κ2) is 8.95. The molecule has 2 unspecified atom stereocenters. The fourth-order valence-electron chi connectivity index (χ4n) is 6.71. The van der Waals surface area contributed by atoms with Crippen molar-refractivity contribution in [2.75, 3.05) is 0 Å². The molecule has 4 aliphatic carbocycles. The van der Waals surface area contributed by atoms with Gasteiger partial charge in [0.05, 0.1) is 0 Å². The molecular weight excluding hydrogens is 432 g/mol.